The molecule has 31 heavy (non-hydrogen) atoms. The summed E-state index contributed by atoms with van der Waals surface area (Å²) < 4.78 is 0. The van der Waals surface area contributed by atoms with E-state index in [0.29, 0.717) is 17.1 Å². The Morgan fingerprint density at radius 2 is 1.45 bits per heavy atom. The molecule has 1 heterocycles. The van der Waals surface area contributed by atoms with Gasteiger partial charge in [0.15, 0.2) is 0 Å². The molecule has 1 amide bonds. The van der Waals surface area contributed by atoms with Crippen LogP contribution in [0.3, 0.4) is 0 Å². The number of carbonyl (C=O) groups is 1. The SMILES string of the molecule is CC(C)c1ccc([C@H]2SCC(=O)N2c2ccc(C34CC5CC(CC(C5)C3)C4)cc2)cc1. The van der Waals surface area contributed by atoms with E-state index >= 15 is 0 Å². The quantitative estimate of drug-likeness (QED) is 0.516. The molecule has 0 spiro atoms. The van der Waals surface area contributed by atoms with Gasteiger partial charge in [-0.2, -0.15) is 0 Å². The van der Waals surface area contributed by atoms with Gasteiger partial charge in [-0.05, 0) is 96.4 Å². The van der Waals surface area contributed by atoms with E-state index in [9.17, 15) is 4.79 Å². The zero-order valence-corrected chi connectivity index (χ0v) is 19.5. The van der Waals surface area contributed by atoms with Gasteiger partial charge in [0.25, 0.3) is 0 Å². The number of carbonyl (C=O) groups excluding carboxylic acids is 1. The van der Waals surface area contributed by atoms with Gasteiger partial charge in [-0.3, -0.25) is 9.69 Å². The van der Waals surface area contributed by atoms with E-state index < -0.39 is 0 Å². The Balaban J connectivity index is 1.27. The molecule has 0 aromatic heterocycles. The van der Waals surface area contributed by atoms with Crippen LogP contribution in [0.2, 0.25) is 0 Å². The lowest BCUT2D eigenvalue weighted by atomic mass is 9.48. The van der Waals surface area contributed by atoms with E-state index in [1.807, 2.05) is 4.90 Å². The van der Waals surface area contributed by atoms with Gasteiger partial charge in [0.2, 0.25) is 5.91 Å². The van der Waals surface area contributed by atoms with Crippen molar-refractivity contribution in [3.05, 3.63) is 65.2 Å². The number of benzene rings is 2. The van der Waals surface area contributed by atoms with E-state index in [1.165, 1.54) is 55.2 Å². The molecule has 0 unspecified atom stereocenters. The van der Waals surface area contributed by atoms with E-state index in [4.69, 9.17) is 0 Å². The molecule has 4 saturated carbocycles. The van der Waals surface area contributed by atoms with Crippen molar-refractivity contribution in [2.75, 3.05) is 10.7 Å². The molecule has 0 radical (unpaired) electrons. The number of nitrogens with zero attached hydrogens (tertiary/aromatic N) is 1. The molecule has 1 saturated heterocycles. The third-order valence-electron chi connectivity index (χ3n) is 8.55. The Morgan fingerprint density at radius 1 is 0.871 bits per heavy atom. The van der Waals surface area contributed by atoms with Crippen LogP contribution in [0.5, 0.6) is 0 Å². The van der Waals surface area contributed by atoms with Gasteiger partial charge in [0, 0.05) is 5.69 Å². The molecule has 2 aromatic carbocycles. The Hall–Kier alpha value is -1.74. The van der Waals surface area contributed by atoms with Crippen molar-refractivity contribution >= 4 is 23.4 Å². The highest BCUT2D eigenvalue weighted by molar-refractivity contribution is 8.00. The van der Waals surface area contributed by atoms with Crippen molar-refractivity contribution in [2.45, 2.75) is 69.1 Å². The largest absolute Gasteiger partial charge is 0.295 e. The molecule has 0 N–H and O–H groups in total. The monoisotopic (exact) mass is 431 g/mol. The van der Waals surface area contributed by atoms with E-state index in [0.717, 1.165) is 23.4 Å². The second-order valence-corrected chi connectivity index (χ2v) is 12.1. The normalized spacial score (nSPS) is 34.2. The Kier molecular flexibility index (Phi) is 4.75. The lowest BCUT2D eigenvalue weighted by molar-refractivity contribution is -0.115. The van der Waals surface area contributed by atoms with Crippen LogP contribution in [0, 0.1) is 17.8 Å². The molecular weight excluding hydrogens is 398 g/mol. The Morgan fingerprint density at radius 3 is 2.00 bits per heavy atom. The Bertz CT molecular complexity index is 942. The number of thioether (sulfide) groups is 1. The van der Waals surface area contributed by atoms with Crippen molar-refractivity contribution in [2.24, 2.45) is 17.8 Å². The first kappa shape index (κ1) is 19.9. The average Bonchev–Trinajstić information content (AvgIpc) is 3.14. The summed E-state index contributed by atoms with van der Waals surface area (Å²) in [5, 5.41) is 0.0825. The fourth-order valence-electron chi connectivity index (χ4n) is 7.44. The smallest absolute Gasteiger partial charge is 0.238 e. The predicted octanol–water partition coefficient (Wildman–Crippen LogP) is 7.06. The van der Waals surface area contributed by atoms with Crippen molar-refractivity contribution in [3.8, 4) is 0 Å². The lowest BCUT2D eigenvalue weighted by Gasteiger charge is -2.57. The highest BCUT2D eigenvalue weighted by Gasteiger charge is 2.51. The first-order valence-corrected chi connectivity index (χ1v) is 13.2. The molecule has 1 aliphatic heterocycles. The molecule has 1 atom stereocenters. The topological polar surface area (TPSA) is 20.3 Å². The van der Waals surface area contributed by atoms with E-state index in [1.54, 1.807) is 11.8 Å². The highest BCUT2D eigenvalue weighted by atomic mass is 32.2. The number of hydrogen-bond acceptors (Lipinski definition) is 2. The second kappa shape index (κ2) is 7.40. The average molecular weight is 432 g/mol. The molecule has 2 aromatic rings. The zero-order valence-electron chi connectivity index (χ0n) is 18.7. The maximum Gasteiger partial charge on any atom is 0.238 e. The first-order chi connectivity index (χ1) is 15.0. The van der Waals surface area contributed by atoms with Gasteiger partial charge in [-0.1, -0.05) is 50.2 Å². The minimum absolute atomic E-state index is 0.0825. The molecule has 2 nitrogen and oxygen atoms in total. The summed E-state index contributed by atoms with van der Waals surface area (Å²) in [6.45, 7) is 4.45. The summed E-state index contributed by atoms with van der Waals surface area (Å²) in [5.41, 5.74) is 5.59. The lowest BCUT2D eigenvalue weighted by Crippen LogP contribution is -2.48. The highest BCUT2D eigenvalue weighted by Crippen LogP contribution is 2.60. The van der Waals surface area contributed by atoms with Crippen molar-refractivity contribution in [1.29, 1.82) is 0 Å². The summed E-state index contributed by atoms with van der Waals surface area (Å²) in [7, 11) is 0. The molecule has 7 rings (SSSR count). The van der Waals surface area contributed by atoms with Crippen LogP contribution in [0.15, 0.2) is 48.5 Å². The second-order valence-electron chi connectivity index (χ2n) is 11.0. The maximum atomic E-state index is 12.8. The van der Waals surface area contributed by atoms with Crippen LogP contribution in [0.4, 0.5) is 5.69 Å². The van der Waals surface area contributed by atoms with Crippen LogP contribution >= 0.6 is 11.8 Å². The molecular formula is C28H33NOS. The minimum Gasteiger partial charge on any atom is -0.295 e. The molecule has 4 aliphatic carbocycles. The number of amides is 1. The van der Waals surface area contributed by atoms with Gasteiger partial charge in [0.05, 0.1) is 5.75 Å². The van der Waals surface area contributed by atoms with E-state index in [-0.39, 0.29) is 11.3 Å². The maximum absolute atomic E-state index is 12.8. The van der Waals surface area contributed by atoms with Crippen LogP contribution < -0.4 is 4.90 Å². The van der Waals surface area contributed by atoms with Gasteiger partial charge >= 0.3 is 0 Å². The van der Waals surface area contributed by atoms with Crippen LogP contribution in [0.25, 0.3) is 0 Å². The molecule has 5 aliphatic rings. The molecule has 3 heteroatoms. The van der Waals surface area contributed by atoms with Gasteiger partial charge in [-0.25, -0.2) is 0 Å². The summed E-state index contributed by atoms with van der Waals surface area (Å²) in [4.78, 5) is 14.9. The number of rotatable bonds is 4. The van der Waals surface area contributed by atoms with Gasteiger partial charge < -0.3 is 0 Å². The molecule has 4 bridgehead atoms. The predicted molar refractivity (Wildman–Crippen MR) is 130 cm³/mol. The fourth-order valence-corrected chi connectivity index (χ4v) is 8.61. The molecule has 162 valence electrons. The third kappa shape index (κ3) is 3.35. The van der Waals surface area contributed by atoms with Crippen molar-refractivity contribution in [1.82, 2.24) is 0 Å². The van der Waals surface area contributed by atoms with Crippen LogP contribution in [-0.4, -0.2) is 11.7 Å². The van der Waals surface area contributed by atoms with Crippen molar-refractivity contribution in [3.63, 3.8) is 0 Å². The van der Waals surface area contributed by atoms with Crippen molar-refractivity contribution < 1.29 is 4.79 Å². The van der Waals surface area contributed by atoms with Gasteiger partial charge in [-0.15, -0.1) is 11.8 Å². The minimum atomic E-state index is 0.0825. The Labute approximate surface area is 190 Å². The first-order valence-electron chi connectivity index (χ1n) is 12.1. The number of hydrogen-bond donors (Lipinski definition) is 0. The third-order valence-corrected chi connectivity index (χ3v) is 9.76. The summed E-state index contributed by atoms with van der Waals surface area (Å²) >= 11 is 1.75. The van der Waals surface area contributed by atoms with E-state index in [2.05, 4.69) is 62.4 Å². The zero-order chi connectivity index (χ0) is 21.2. The van der Waals surface area contributed by atoms with Gasteiger partial charge in [0.1, 0.15) is 5.37 Å². The summed E-state index contributed by atoms with van der Waals surface area (Å²) in [6, 6.07) is 18.0. The summed E-state index contributed by atoms with van der Waals surface area (Å²) in [5.74, 6) is 4.19. The molecule has 5 fully saturated rings. The summed E-state index contributed by atoms with van der Waals surface area (Å²) in [6.07, 6.45) is 8.61. The van der Waals surface area contributed by atoms with Crippen LogP contribution in [-0.2, 0) is 10.2 Å². The fraction of sp³-hybridized carbons (Fsp3) is 0.536. The standard InChI is InChI=1S/C28H33NOS/c1-18(2)22-3-5-23(6-4-22)27-29(26(30)17-31-27)25-9-7-24(8-10-25)28-14-19-11-20(15-28)13-21(12-19)16-28/h3-10,18-21,27H,11-17H2,1-2H3/t19?,20?,21?,27-,28?/m1/s1. The number of anilines is 1. The van der Waals surface area contributed by atoms with Crippen LogP contribution in [0.1, 0.15) is 80.4 Å².